The SMILES string of the molecule is CCNC(c1cccc2c1OCC2)C1CN2CCN1CC2. The van der Waals surface area contributed by atoms with Crippen LogP contribution in [0, 0.1) is 0 Å². The van der Waals surface area contributed by atoms with E-state index >= 15 is 0 Å². The van der Waals surface area contributed by atoms with Crippen LogP contribution in [0.15, 0.2) is 18.2 Å². The van der Waals surface area contributed by atoms with E-state index in [9.17, 15) is 0 Å². The summed E-state index contributed by atoms with van der Waals surface area (Å²) in [6, 6.07) is 7.63. The van der Waals surface area contributed by atoms with E-state index in [1.165, 1.54) is 43.9 Å². The number of nitrogens with one attached hydrogen (secondary N) is 1. The van der Waals surface area contributed by atoms with E-state index < -0.39 is 0 Å². The predicted octanol–water partition coefficient (Wildman–Crippen LogP) is 1.27. The maximum Gasteiger partial charge on any atom is 0.127 e. The van der Waals surface area contributed by atoms with E-state index in [1.54, 1.807) is 0 Å². The van der Waals surface area contributed by atoms with E-state index in [0.29, 0.717) is 12.1 Å². The molecule has 1 N–H and O–H groups in total. The summed E-state index contributed by atoms with van der Waals surface area (Å²) < 4.78 is 5.96. The number of benzene rings is 1. The molecule has 114 valence electrons. The molecule has 4 aliphatic heterocycles. The van der Waals surface area contributed by atoms with E-state index in [0.717, 1.165) is 25.3 Å². The highest BCUT2D eigenvalue weighted by atomic mass is 16.5. The number of ether oxygens (including phenoxy) is 1. The van der Waals surface area contributed by atoms with Gasteiger partial charge in [0.05, 0.1) is 12.6 Å². The van der Waals surface area contributed by atoms with Gasteiger partial charge in [0.2, 0.25) is 0 Å². The largest absolute Gasteiger partial charge is 0.493 e. The van der Waals surface area contributed by atoms with Crippen LogP contribution in [0.5, 0.6) is 5.75 Å². The van der Waals surface area contributed by atoms with Crippen LogP contribution in [0.25, 0.3) is 0 Å². The molecule has 0 aliphatic carbocycles. The maximum absolute atomic E-state index is 5.96. The second-order valence-electron chi connectivity index (χ2n) is 6.37. The van der Waals surface area contributed by atoms with Crippen LogP contribution < -0.4 is 10.1 Å². The first-order valence-corrected chi connectivity index (χ1v) is 8.31. The normalized spacial score (nSPS) is 31.8. The molecule has 4 nitrogen and oxygen atoms in total. The molecule has 4 heteroatoms. The summed E-state index contributed by atoms with van der Waals surface area (Å²) in [7, 11) is 0. The van der Waals surface area contributed by atoms with Crippen molar-refractivity contribution < 1.29 is 4.74 Å². The van der Waals surface area contributed by atoms with Crippen molar-refractivity contribution in [3.05, 3.63) is 29.3 Å². The number of nitrogens with zero attached hydrogens (tertiary/aromatic N) is 2. The molecule has 1 aromatic carbocycles. The van der Waals surface area contributed by atoms with Crippen LogP contribution in [0.2, 0.25) is 0 Å². The molecule has 2 atom stereocenters. The van der Waals surface area contributed by atoms with Gasteiger partial charge in [-0.05, 0) is 12.1 Å². The Morgan fingerprint density at radius 1 is 1.29 bits per heavy atom. The molecule has 5 rings (SSSR count). The van der Waals surface area contributed by atoms with Crippen molar-refractivity contribution in [2.75, 3.05) is 45.9 Å². The van der Waals surface area contributed by atoms with Gasteiger partial charge >= 0.3 is 0 Å². The van der Waals surface area contributed by atoms with Gasteiger partial charge in [-0.3, -0.25) is 9.80 Å². The van der Waals surface area contributed by atoms with Gasteiger partial charge in [-0.15, -0.1) is 0 Å². The van der Waals surface area contributed by atoms with Crippen molar-refractivity contribution in [1.82, 2.24) is 15.1 Å². The van der Waals surface area contributed by atoms with Crippen molar-refractivity contribution >= 4 is 0 Å². The Hall–Kier alpha value is -1.10. The first-order valence-electron chi connectivity index (χ1n) is 8.31. The number of likely N-dealkylation sites (N-methyl/N-ethyl adjacent to an activating group) is 1. The topological polar surface area (TPSA) is 27.7 Å². The molecule has 4 heterocycles. The van der Waals surface area contributed by atoms with Crippen LogP contribution in [-0.4, -0.2) is 61.7 Å². The lowest BCUT2D eigenvalue weighted by Crippen LogP contribution is -2.64. The van der Waals surface area contributed by atoms with Crippen LogP contribution in [0.3, 0.4) is 0 Å². The molecular weight excluding hydrogens is 262 g/mol. The van der Waals surface area contributed by atoms with E-state index in [-0.39, 0.29) is 0 Å². The van der Waals surface area contributed by atoms with Gasteiger partial charge in [-0.2, -0.15) is 0 Å². The molecule has 0 amide bonds. The minimum Gasteiger partial charge on any atom is -0.493 e. The van der Waals surface area contributed by atoms with Crippen LogP contribution in [-0.2, 0) is 6.42 Å². The van der Waals surface area contributed by atoms with Crippen molar-refractivity contribution in [3.8, 4) is 5.75 Å². The van der Waals surface area contributed by atoms with E-state index in [1.807, 2.05) is 0 Å². The third-order valence-electron chi connectivity index (χ3n) is 5.21. The summed E-state index contributed by atoms with van der Waals surface area (Å²) in [5, 5.41) is 3.73. The van der Waals surface area contributed by atoms with Gasteiger partial charge in [0.15, 0.2) is 0 Å². The highest BCUT2D eigenvalue weighted by Crippen LogP contribution is 2.37. The van der Waals surface area contributed by atoms with Crippen molar-refractivity contribution in [3.63, 3.8) is 0 Å². The smallest absolute Gasteiger partial charge is 0.127 e. The average molecular weight is 287 g/mol. The molecule has 1 aromatic rings. The van der Waals surface area contributed by atoms with Crippen LogP contribution in [0.4, 0.5) is 0 Å². The van der Waals surface area contributed by atoms with Crippen molar-refractivity contribution in [2.45, 2.75) is 25.4 Å². The quantitative estimate of drug-likeness (QED) is 0.903. The van der Waals surface area contributed by atoms with Gasteiger partial charge in [0, 0.05) is 50.7 Å². The molecule has 4 aliphatic rings. The summed E-state index contributed by atoms with van der Waals surface area (Å²) >= 11 is 0. The van der Waals surface area contributed by atoms with Crippen LogP contribution >= 0.6 is 0 Å². The van der Waals surface area contributed by atoms with Crippen molar-refractivity contribution in [2.24, 2.45) is 0 Å². The standard InChI is InChI=1S/C17H25N3O/c1-2-18-16(15-12-19-7-9-20(15)10-8-19)14-5-3-4-13-6-11-21-17(13)14/h3-5,15-16,18H,2,6-12H2,1H3. The van der Waals surface area contributed by atoms with Gasteiger partial charge in [0.1, 0.15) is 5.75 Å². The molecule has 21 heavy (non-hydrogen) atoms. The van der Waals surface area contributed by atoms with Crippen molar-refractivity contribution in [1.29, 1.82) is 0 Å². The first-order chi connectivity index (χ1) is 10.4. The van der Waals surface area contributed by atoms with E-state index in [4.69, 9.17) is 4.74 Å². The Kier molecular flexibility index (Phi) is 3.61. The highest BCUT2D eigenvalue weighted by molar-refractivity contribution is 5.46. The van der Waals surface area contributed by atoms with Gasteiger partial charge in [0.25, 0.3) is 0 Å². The summed E-state index contributed by atoms with van der Waals surface area (Å²) in [4.78, 5) is 5.28. The summed E-state index contributed by atoms with van der Waals surface area (Å²) in [5.74, 6) is 1.15. The lowest BCUT2D eigenvalue weighted by Gasteiger charge is -2.50. The Bertz CT molecular complexity index is 511. The molecule has 0 aromatic heterocycles. The number of fused-ring (bicyclic) bond motifs is 4. The Morgan fingerprint density at radius 2 is 2.14 bits per heavy atom. The zero-order chi connectivity index (χ0) is 14.2. The van der Waals surface area contributed by atoms with Crippen LogP contribution in [0.1, 0.15) is 24.1 Å². The Balaban J connectivity index is 1.67. The molecule has 0 saturated carbocycles. The van der Waals surface area contributed by atoms with Gasteiger partial charge in [-0.1, -0.05) is 25.1 Å². The predicted molar refractivity (Wildman–Crippen MR) is 83.9 cm³/mol. The molecule has 3 saturated heterocycles. The zero-order valence-corrected chi connectivity index (χ0v) is 12.8. The number of piperazine rings is 3. The number of hydrogen-bond donors (Lipinski definition) is 1. The minimum atomic E-state index is 0.381. The first kappa shape index (κ1) is 13.6. The molecule has 0 spiro atoms. The summed E-state index contributed by atoms with van der Waals surface area (Å²) in [5.41, 5.74) is 2.75. The second kappa shape index (κ2) is 5.59. The fourth-order valence-electron chi connectivity index (χ4n) is 4.13. The highest BCUT2D eigenvalue weighted by Gasteiger charge is 2.38. The molecule has 0 radical (unpaired) electrons. The van der Waals surface area contributed by atoms with Gasteiger partial charge < -0.3 is 10.1 Å². The minimum absolute atomic E-state index is 0.381. The summed E-state index contributed by atoms with van der Waals surface area (Å²) in [6.07, 6.45) is 1.06. The van der Waals surface area contributed by atoms with E-state index in [2.05, 4.69) is 40.2 Å². The molecule has 3 fully saturated rings. The average Bonchev–Trinajstić information content (AvgIpc) is 3.02. The molecule has 2 bridgehead atoms. The number of hydrogen-bond acceptors (Lipinski definition) is 4. The summed E-state index contributed by atoms with van der Waals surface area (Å²) in [6.45, 7) is 10.1. The number of rotatable bonds is 4. The van der Waals surface area contributed by atoms with Gasteiger partial charge in [-0.25, -0.2) is 0 Å². The molecule has 2 unspecified atom stereocenters. The fraction of sp³-hybridized carbons (Fsp3) is 0.647. The second-order valence-corrected chi connectivity index (χ2v) is 6.37. The third-order valence-corrected chi connectivity index (χ3v) is 5.21. The zero-order valence-electron chi connectivity index (χ0n) is 12.8. The lowest BCUT2D eigenvalue weighted by atomic mass is 9.92. The fourth-order valence-corrected chi connectivity index (χ4v) is 4.13. The maximum atomic E-state index is 5.96. The lowest BCUT2D eigenvalue weighted by molar-refractivity contribution is -0.00374. The third kappa shape index (κ3) is 2.35. The molecular formula is C17H25N3O. The number of para-hydroxylation sites is 1. The Labute approximate surface area is 127 Å². The Morgan fingerprint density at radius 3 is 2.86 bits per heavy atom. The monoisotopic (exact) mass is 287 g/mol.